The van der Waals surface area contributed by atoms with E-state index < -0.39 is 18.1 Å². The summed E-state index contributed by atoms with van der Waals surface area (Å²) in [5, 5.41) is 26.0. The minimum absolute atomic E-state index is 0.137. The molecule has 0 aliphatic heterocycles. The lowest BCUT2D eigenvalue weighted by molar-refractivity contribution is -0.121. The van der Waals surface area contributed by atoms with Crippen LogP contribution in [-0.4, -0.2) is 32.4 Å². The van der Waals surface area contributed by atoms with Crippen LogP contribution in [0.2, 0.25) is 0 Å². The largest absolute Gasteiger partial charge is 0.389 e. The Morgan fingerprint density at radius 2 is 2.07 bits per heavy atom. The van der Waals surface area contributed by atoms with Gasteiger partial charge >= 0.3 is 0 Å². The molecule has 1 heterocycles. The molecule has 7 heteroatoms. The number of nitrogens with zero attached hydrogens (tertiary/aromatic N) is 2. The first kappa shape index (κ1) is 11.3. The zero-order valence-electron chi connectivity index (χ0n) is 7.87. The Bertz CT molecular complexity index is 340. The van der Waals surface area contributed by atoms with Crippen molar-refractivity contribution in [3.63, 3.8) is 0 Å². The van der Waals surface area contributed by atoms with E-state index in [1.807, 2.05) is 0 Å². The molecule has 1 rings (SSSR count). The molecule has 0 spiro atoms. The monoisotopic (exact) mass is 212 g/mol. The van der Waals surface area contributed by atoms with Gasteiger partial charge in [-0.05, 0) is 12.1 Å². The molecule has 0 fully saturated rings. The minimum Gasteiger partial charge on any atom is -0.389 e. The van der Waals surface area contributed by atoms with Crippen LogP contribution in [0.4, 0.5) is 5.82 Å². The van der Waals surface area contributed by atoms with Crippen molar-refractivity contribution in [2.45, 2.75) is 18.6 Å². The quantitative estimate of drug-likeness (QED) is 0.471. The maximum atomic E-state index is 10.5. The second-order valence-corrected chi connectivity index (χ2v) is 3.07. The first-order valence-corrected chi connectivity index (χ1v) is 4.24. The third kappa shape index (κ3) is 3.15. The zero-order chi connectivity index (χ0) is 11.4. The minimum atomic E-state index is -1.30. The predicted molar refractivity (Wildman–Crippen MR) is 51.2 cm³/mol. The van der Waals surface area contributed by atoms with E-state index in [9.17, 15) is 15.0 Å². The van der Waals surface area contributed by atoms with Crippen LogP contribution in [0, 0.1) is 0 Å². The Morgan fingerprint density at radius 3 is 2.53 bits per heavy atom. The van der Waals surface area contributed by atoms with Gasteiger partial charge in [-0.1, -0.05) is 0 Å². The van der Waals surface area contributed by atoms with E-state index in [1.165, 1.54) is 12.1 Å². The molecule has 2 atom stereocenters. The topological polar surface area (TPSA) is 135 Å². The third-order valence-corrected chi connectivity index (χ3v) is 1.78. The molecule has 0 aromatic carbocycles. The second-order valence-electron chi connectivity index (χ2n) is 3.07. The fraction of sp³-hybridized carbons (Fsp3) is 0.375. The van der Waals surface area contributed by atoms with Gasteiger partial charge in [0.2, 0.25) is 5.91 Å². The maximum absolute atomic E-state index is 10.5. The van der Waals surface area contributed by atoms with E-state index in [0.717, 1.165) is 0 Å². The Morgan fingerprint density at radius 1 is 1.40 bits per heavy atom. The molecule has 82 valence electrons. The number of nitrogens with two attached hydrogens (primary N) is 2. The highest BCUT2D eigenvalue weighted by atomic mass is 16.3. The SMILES string of the molecule is NC(=O)CC(O)C(O)c1ccc(N)nn1. The van der Waals surface area contributed by atoms with Crippen LogP contribution in [0.15, 0.2) is 12.1 Å². The van der Waals surface area contributed by atoms with Crippen molar-refractivity contribution in [3.05, 3.63) is 17.8 Å². The Balaban J connectivity index is 2.71. The number of primary amides is 1. The Hall–Kier alpha value is -1.73. The third-order valence-electron chi connectivity index (χ3n) is 1.78. The van der Waals surface area contributed by atoms with Crippen molar-refractivity contribution in [3.8, 4) is 0 Å². The average Bonchev–Trinajstić information content (AvgIpc) is 2.17. The summed E-state index contributed by atoms with van der Waals surface area (Å²) in [6.07, 6.45) is -2.93. The second kappa shape index (κ2) is 4.67. The number of aliphatic hydroxyl groups excluding tert-OH is 2. The lowest BCUT2D eigenvalue weighted by Gasteiger charge is -2.14. The summed E-state index contributed by atoms with van der Waals surface area (Å²) >= 11 is 0. The lowest BCUT2D eigenvalue weighted by Crippen LogP contribution is -2.26. The molecule has 2 unspecified atom stereocenters. The Labute approximate surface area is 85.7 Å². The summed E-state index contributed by atoms with van der Waals surface area (Å²) in [5.41, 5.74) is 10.3. The van der Waals surface area contributed by atoms with Gasteiger partial charge in [0.05, 0.1) is 18.2 Å². The predicted octanol–water partition coefficient (Wildman–Crippen LogP) is -1.67. The number of carbonyl (C=O) groups is 1. The summed E-state index contributed by atoms with van der Waals surface area (Å²) < 4.78 is 0. The van der Waals surface area contributed by atoms with Crippen LogP contribution in [0.3, 0.4) is 0 Å². The number of hydrogen-bond acceptors (Lipinski definition) is 6. The standard InChI is InChI=1S/C8H12N4O3/c9-6-2-1-4(11-12-6)8(15)5(13)3-7(10)14/h1-2,5,8,13,15H,3H2,(H2,9,12)(H2,10,14). The molecule has 15 heavy (non-hydrogen) atoms. The number of nitrogen functional groups attached to an aromatic ring is 1. The number of anilines is 1. The van der Waals surface area contributed by atoms with Crippen LogP contribution in [0.25, 0.3) is 0 Å². The zero-order valence-corrected chi connectivity index (χ0v) is 7.87. The molecule has 1 amide bonds. The fourth-order valence-electron chi connectivity index (χ4n) is 1.03. The van der Waals surface area contributed by atoms with Gasteiger partial charge in [0.25, 0.3) is 0 Å². The van der Waals surface area contributed by atoms with Gasteiger partial charge in [-0.25, -0.2) is 0 Å². The van der Waals surface area contributed by atoms with E-state index in [0.29, 0.717) is 0 Å². The van der Waals surface area contributed by atoms with Crippen LogP contribution < -0.4 is 11.5 Å². The number of rotatable bonds is 4. The van der Waals surface area contributed by atoms with Gasteiger partial charge in [0, 0.05) is 0 Å². The van der Waals surface area contributed by atoms with Gasteiger partial charge in [0.15, 0.2) is 0 Å². The van der Waals surface area contributed by atoms with Gasteiger partial charge < -0.3 is 21.7 Å². The molecule has 1 aromatic rings. The van der Waals surface area contributed by atoms with Crippen LogP contribution >= 0.6 is 0 Å². The average molecular weight is 212 g/mol. The van der Waals surface area contributed by atoms with E-state index in [-0.39, 0.29) is 17.9 Å². The lowest BCUT2D eigenvalue weighted by atomic mass is 10.1. The molecule has 0 bridgehead atoms. The van der Waals surface area contributed by atoms with Crippen molar-refractivity contribution in [1.29, 1.82) is 0 Å². The van der Waals surface area contributed by atoms with E-state index in [1.54, 1.807) is 0 Å². The number of carbonyl (C=O) groups excluding carboxylic acids is 1. The number of aliphatic hydroxyl groups is 2. The summed E-state index contributed by atoms with van der Waals surface area (Å²) in [5.74, 6) is -0.500. The van der Waals surface area contributed by atoms with E-state index in [4.69, 9.17) is 11.5 Å². The number of amides is 1. The van der Waals surface area contributed by atoms with Gasteiger partial charge in [-0.3, -0.25) is 4.79 Å². The van der Waals surface area contributed by atoms with Gasteiger partial charge in [-0.2, -0.15) is 5.10 Å². The summed E-state index contributed by atoms with van der Waals surface area (Å²) in [6.45, 7) is 0. The molecule has 7 nitrogen and oxygen atoms in total. The molecule has 0 saturated carbocycles. The molecule has 1 aromatic heterocycles. The highest BCUT2D eigenvalue weighted by Gasteiger charge is 2.21. The molecule has 6 N–H and O–H groups in total. The normalized spacial score (nSPS) is 14.5. The first-order chi connectivity index (χ1) is 7.00. The fourth-order valence-corrected chi connectivity index (χ4v) is 1.03. The smallest absolute Gasteiger partial charge is 0.220 e. The van der Waals surface area contributed by atoms with Crippen molar-refractivity contribution in [2.24, 2.45) is 5.73 Å². The van der Waals surface area contributed by atoms with Crippen LogP contribution in [0.5, 0.6) is 0 Å². The van der Waals surface area contributed by atoms with E-state index in [2.05, 4.69) is 10.2 Å². The van der Waals surface area contributed by atoms with Crippen LogP contribution in [0.1, 0.15) is 18.2 Å². The first-order valence-electron chi connectivity index (χ1n) is 4.24. The molecular formula is C8H12N4O3. The van der Waals surface area contributed by atoms with Crippen molar-refractivity contribution in [2.75, 3.05) is 5.73 Å². The molecule has 0 aliphatic rings. The van der Waals surface area contributed by atoms with Crippen molar-refractivity contribution >= 4 is 11.7 Å². The van der Waals surface area contributed by atoms with Crippen LogP contribution in [-0.2, 0) is 4.79 Å². The maximum Gasteiger partial charge on any atom is 0.220 e. The highest BCUT2D eigenvalue weighted by molar-refractivity contribution is 5.74. The highest BCUT2D eigenvalue weighted by Crippen LogP contribution is 2.16. The Kier molecular flexibility index (Phi) is 3.53. The summed E-state index contributed by atoms with van der Waals surface area (Å²) in [6, 6.07) is 2.85. The van der Waals surface area contributed by atoms with E-state index >= 15 is 0 Å². The summed E-state index contributed by atoms with van der Waals surface area (Å²) in [7, 11) is 0. The van der Waals surface area contributed by atoms with Crippen molar-refractivity contribution < 1.29 is 15.0 Å². The van der Waals surface area contributed by atoms with Crippen molar-refractivity contribution in [1.82, 2.24) is 10.2 Å². The molecular weight excluding hydrogens is 200 g/mol. The molecule has 0 saturated heterocycles. The molecule has 0 radical (unpaired) electrons. The van der Waals surface area contributed by atoms with Gasteiger partial charge in [0.1, 0.15) is 11.9 Å². The van der Waals surface area contributed by atoms with Gasteiger partial charge in [-0.15, -0.1) is 5.10 Å². The number of aromatic nitrogens is 2. The number of hydrogen-bond donors (Lipinski definition) is 4. The molecule has 0 aliphatic carbocycles. The summed E-state index contributed by atoms with van der Waals surface area (Å²) in [4.78, 5) is 10.5.